The zero-order valence-electron chi connectivity index (χ0n) is 15.2. The van der Waals surface area contributed by atoms with Gasteiger partial charge in [-0.2, -0.15) is 10.4 Å². The molecule has 0 fully saturated rings. The second kappa shape index (κ2) is 7.08. The zero-order valence-corrected chi connectivity index (χ0v) is 15.2. The van der Waals surface area contributed by atoms with E-state index >= 15 is 0 Å². The predicted molar refractivity (Wildman–Crippen MR) is 103 cm³/mol. The summed E-state index contributed by atoms with van der Waals surface area (Å²) in [5.41, 5.74) is 6.48. The molecule has 1 aliphatic rings. The Morgan fingerprint density at radius 1 is 1.15 bits per heavy atom. The minimum absolute atomic E-state index is 0.150. The van der Waals surface area contributed by atoms with Crippen LogP contribution in [0.5, 0.6) is 0 Å². The number of rotatable bonds is 4. The molecule has 134 valence electrons. The van der Waals surface area contributed by atoms with Crippen molar-refractivity contribution in [3.8, 4) is 11.8 Å². The molecule has 0 aliphatic heterocycles. The minimum Gasteiger partial charge on any atom is -0.347 e. The molecule has 2 aromatic carbocycles. The number of carbonyl (C=O) groups excluding carboxylic acids is 1. The summed E-state index contributed by atoms with van der Waals surface area (Å²) in [5, 5.41) is 16.5. The zero-order chi connectivity index (χ0) is 18.8. The van der Waals surface area contributed by atoms with Crippen LogP contribution >= 0.6 is 0 Å². The summed E-state index contributed by atoms with van der Waals surface area (Å²) in [6.07, 6.45) is 2.88. The summed E-state index contributed by atoms with van der Waals surface area (Å²) < 4.78 is 1.92. The van der Waals surface area contributed by atoms with Crippen molar-refractivity contribution in [3.63, 3.8) is 0 Å². The normalized spacial score (nSPS) is 12.4. The van der Waals surface area contributed by atoms with Gasteiger partial charge in [-0.15, -0.1) is 0 Å². The molecule has 3 aromatic rings. The third kappa shape index (κ3) is 3.34. The first kappa shape index (κ1) is 17.0. The number of hydrogen-bond donors (Lipinski definition) is 1. The molecule has 0 unspecified atom stereocenters. The molecule has 1 N–H and O–H groups in total. The van der Waals surface area contributed by atoms with Crippen molar-refractivity contribution in [2.24, 2.45) is 0 Å². The van der Waals surface area contributed by atoms with Gasteiger partial charge in [0.15, 0.2) is 5.69 Å². The predicted octanol–water partition coefficient (Wildman–Crippen LogP) is 3.47. The van der Waals surface area contributed by atoms with Crippen molar-refractivity contribution in [3.05, 3.63) is 82.2 Å². The van der Waals surface area contributed by atoms with Crippen molar-refractivity contribution < 1.29 is 4.79 Å². The quantitative estimate of drug-likeness (QED) is 0.778. The van der Waals surface area contributed by atoms with E-state index < -0.39 is 0 Å². The number of aryl methyl sites for hydroxylation is 1. The highest BCUT2D eigenvalue weighted by Crippen LogP contribution is 2.28. The topological polar surface area (TPSA) is 70.7 Å². The number of nitriles is 1. The van der Waals surface area contributed by atoms with Crippen molar-refractivity contribution in [1.29, 1.82) is 5.26 Å². The maximum absolute atomic E-state index is 12.8. The second-order valence-electron chi connectivity index (χ2n) is 6.87. The number of nitrogens with one attached hydrogen (secondary N) is 1. The Bertz CT molecular complexity index is 1020. The van der Waals surface area contributed by atoms with Crippen LogP contribution in [0.1, 0.15) is 44.9 Å². The van der Waals surface area contributed by atoms with Gasteiger partial charge in [0, 0.05) is 17.8 Å². The Kier molecular flexibility index (Phi) is 4.47. The number of aromatic nitrogens is 2. The highest BCUT2D eigenvalue weighted by molar-refractivity contribution is 5.94. The Morgan fingerprint density at radius 3 is 2.59 bits per heavy atom. The average molecular weight is 356 g/mol. The molecule has 0 bridgehead atoms. The summed E-state index contributed by atoms with van der Waals surface area (Å²) >= 11 is 0. The lowest BCUT2D eigenvalue weighted by Gasteiger charge is -2.06. The summed E-state index contributed by atoms with van der Waals surface area (Å²) in [6.45, 7) is 2.47. The molecule has 1 aromatic heterocycles. The summed E-state index contributed by atoms with van der Waals surface area (Å²) in [7, 11) is 0. The Labute approximate surface area is 158 Å². The summed E-state index contributed by atoms with van der Waals surface area (Å²) in [5.74, 6) is -0.150. The van der Waals surface area contributed by atoms with Crippen LogP contribution in [0.4, 0.5) is 0 Å². The Balaban J connectivity index is 1.56. The molecule has 4 rings (SSSR count). The van der Waals surface area contributed by atoms with Crippen LogP contribution in [-0.2, 0) is 19.4 Å². The van der Waals surface area contributed by atoms with Gasteiger partial charge in [0.05, 0.1) is 17.3 Å². The lowest BCUT2D eigenvalue weighted by molar-refractivity contribution is 0.0944. The van der Waals surface area contributed by atoms with E-state index in [2.05, 4.69) is 35.5 Å². The molecule has 0 atom stereocenters. The fourth-order valence-corrected chi connectivity index (χ4v) is 3.48. The smallest absolute Gasteiger partial charge is 0.272 e. The monoisotopic (exact) mass is 356 g/mol. The van der Waals surface area contributed by atoms with Crippen LogP contribution < -0.4 is 5.32 Å². The van der Waals surface area contributed by atoms with Crippen LogP contribution in [0.3, 0.4) is 0 Å². The number of amides is 1. The maximum Gasteiger partial charge on any atom is 0.272 e. The van der Waals surface area contributed by atoms with E-state index in [0.717, 1.165) is 41.8 Å². The highest BCUT2D eigenvalue weighted by atomic mass is 16.1. The van der Waals surface area contributed by atoms with Gasteiger partial charge >= 0.3 is 0 Å². The van der Waals surface area contributed by atoms with Crippen LogP contribution in [0.15, 0.2) is 48.5 Å². The molecular formula is C22H20N4O. The third-order valence-corrected chi connectivity index (χ3v) is 4.96. The van der Waals surface area contributed by atoms with Crippen molar-refractivity contribution in [2.75, 3.05) is 0 Å². The molecule has 5 nitrogen and oxygen atoms in total. The van der Waals surface area contributed by atoms with E-state index in [-0.39, 0.29) is 5.91 Å². The molecule has 0 saturated carbocycles. The molecule has 27 heavy (non-hydrogen) atoms. The van der Waals surface area contributed by atoms with Gasteiger partial charge in [-0.05, 0) is 56.0 Å². The standard InChI is InChI=1S/C22H20N4O/c1-15-5-11-18(12-6-15)26-20-4-2-3-19(20)21(25-26)22(27)24-14-17-9-7-16(13-23)8-10-17/h5-12H,2-4,14H2,1H3,(H,24,27). The van der Waals surface area contributed by atoms with Gasteiger partial charge in [-0.25, -0.2) is 4.68 Å². The van der Waals surface area contributed by atoms with Gasteiger partial charge in [-0.1, -0.05) is 29.8 Å². The molecule has 1 aliphatic carbocycles. The lowest BCUT2D eigenvalue weighted by Crippen LogP contribution is -2.24. The highest BCUT2D eigenvalue weighted by Gasteiger charge is 2.26. The SMILES string of the molecule is Cc1ccc(-n2nc(C(=O)NCc3ccc(C#N)cc3)c3c2CCC3)cc1. The Hall–Kier alpha value is -3.39. The molecule has 1 heterocycles. The van der Waals surface area contributed by atoms with E-state index in [9.17, 15) is 4.79 Å². The molecule has 0 radical (unpaired) electrons. The molecule has 1 amide bonds. The van der Waals surface area contributed by atoms with Crippen molar-refractivity contribution >= 4 is 5.91 Å². The van der Waals surface area contributed by atoms with Gasteiger partial charge in [0.2, 0.25) is 0 Å². The first-order valence-corrected chi connectivity index (χ1v) is 9.11. The lowest BCUT2D eigenvalue weighted by atomic mass is 10.1. The van der Waals surface area contributed by atoms with E-state index in [4.69, 9.17) is 5.26 Å². The first-order valence-electron chi connectivity index (χ1n) is 9.11. The van der Waals surface area contributed by atoms with E-state index in [1.54, 1.807) is 12.1 Å². The molecule has 5 heteroatoms. The third-order valence-electron chi connectivity index (χ3n) is 4.96. The Morgan fingerprint density at radius 2 is 1.89 bits per heavy atom. The van der Waals surface area contributed by atoms with E-state index in [1.807, 2.05) is 28.9 Å². The number of carbonyl (C=O) groups is 1. The van der Waals surface area contributed by atoms with Gasteiger partial charge in [0.25, 0.3) is 5.91 Å². The van der Waals surface area contributed by atoms with Gasteiger partial charge in [0.1, 0.15) is 0 Å². The molecular weight excluding hydrogens is 336 g/mol. The summed E-state index contributed by atoms with van der Waals surface area (Å²) in [6, 6.07) is 17.5. The van der Waals surface area contributed by atoms with Crippen LogP contribution in [0, 0.1) is 18.3 Å². The van der Waals surface area contributed by atoms with Gasteiger partial charge < -0.3 is 5.32 Å². The second-order valence-corrected chi connectivity index (χ2v) is 6.87. The first-order chi connectivity index (χ1) is 13.2. The number of hydrogen-bond acceptors (Lipinski definition) is 3. The van der Waals surface area contributed by atoms with E-state index in [0.29, 0.717) is 17.8 Å². The van der Waals surface area contributed by atoms with Crippen LogP contribution in [-0.4, -0.2) is 15.7 Å². The van der Waals surface area contributed by atoms with Gasteiger partial charge in [-0.3, -0.25) is 4.79 Å². The fraction of sp³-hybridized carbons (Fsp3) is 0.227. The minimum atomic E-state index is -0.150. The fourth-order valence-electron chi connectivity index (χ4n) is 3.48. The number of benzene rings is 2. The molecule has 0 spiro atoms. The van der Waals surface area contributed by atoms with Crippen molar-refractivity contribution in [1.82, 2.24) is 15.1 Å². The maximum atomic E-state index is 12.8. The number of nitrogens with zero attached hydrogens (tertiary/aromatic N) is 3. The number of fused-ring (bicyclic) bond motifs is 1. The van der Waals surface area contributed by atoms with Crippen molar-refractivity contribution in [2.45, 2.75) is 32.7 Å². The van der Waals surface area contributed by atoms with Crippen LogP contribution in [0.2, 0.25) is 0 Å². The molecule has 0 saturated heterocycles. The summed E-state index contributed by atoms with van der Waals surface area (Å²) in [4.78, 5) is 12.8. The van der Waals surface area contributed by atoms with Crippen LogP contribution in [0.25, 0.3) is 5.69 Å². The van der Waals surface area contributed by atoms with E-state index in [1.165, 1.54) is 5.56 Å². The largest absolute Gasteiger partial charge is 0.347 e. The average Bonchev–Trinajstić information content (AvgIpc) is 3.30.